The number of carbonyl (C=O) groups excluding carboxylic acids is 1. The molecule has 0 unspecified atom stereocenters. The van der Waals surface area contributed by atoms with Crippen molar-refractivity contribution in [1.29, 1.82) is 0 Å². The molecule has 1 aliphatic heterocycles. The van der Waals surface area contributed by atoms with E-state index >= 15 is 0 Å². The van der Waals surface area contributed by atoms with Crippen LogP contribution in [0.2, 0.25) is 10.0 Å². The van der Waals surface area contributed by atoms with E-state index in [0.717, 1.165) is 18.5 Å². The Morgan fingerprint density at radius 3 is 2.38 bits per heavy atom. The zero-order valence-electron chi connectivity index (χ0n) is 8.44. The minimum atomic E-state index is -0.210. The van der Waals surface area contributed by atoms with E-state index in [1.54, 1.807) is 12.1 Å². The summed E-state index contributed by atoms with van der Waals surface area (Å²) in [5, 5.41) is 7.10. The van der Waals surface area contributed by atoms with Crippen LogP contribution in [0, 0.1) is 5.41 Å². The zero-order chi connectivity index (χ0) is 11.3. The second-order valence-corrected chi connectivity index (χ2v) is 5.21. The Labute approximate surface area is 103 Å². The summed E-state index contributed by atoms with van der Waals surface area (Å²) in [7, 11) is 0. The molecular weight excluding hydrogens is 247 g/mol. The van der Waals surface area contributed by atoms with Gasteiger partial charge < -0.3 is 10.6 Å². The molecule has 3 nitrogen and oxygen atoms in total. The molecule has 1 fully saturated rings. The minimum absolute atomic E-state index is 0.0807. The van der Waals surface area contributed by atoms with Crippen LogP contribution in [0.4, 0.5) is 11.4 Å². The summed E-state index contributed by atoms with van der Waals surface area (Å²) in [5.41, 5.74) is 1.34. The van der Waals surface area contributed by atoms with Gasteiger partial charge in [0.1, 0.15) is 0 Å². The number of amides is 1. The molecule has 0 aromatic heterocycles. The molecule has 1 aromatic carbocycles. The number of fused-ring (bicyclic) bond motifs is 1. The summed E-state index contributed by atoms with van der Waals surface area (Å²) in [5.74, 6) is 0.0807. The number of hydrogen-bond acceptors (Lipinski definition) is 2. The Hall–Kier alpha value is -0.930. The lowest BCUT2D eigenvalue weighted by Gasteiger charge is -2.09. The number of halogens is 2. The number of nitrogens with one attached hydrogen (secondary N) is 2. The standard InChI is InChI=1S/C11H10Cl2N2O/c12-6-3-8-9(4-7(6)13)15-10(16)11(1-2-11)5-14-8/h3-4,14H,1-2,5H2,(H,15,16). The molecule has 0 radical (unpaired) electrons. The molecule has 84 valence electrons. The topological polar surface area (TPSA) is 41.1 Å². The lowest BCUT2D eigenvalue weighted by Crippen LogP contribution is -2.27. The van der Waals surface area contributed by atoms with E-state index in [1.807, 2.05) is 0 Å². The summed E-state index contributed by atoms with van der Waals surface area (Å²) in [4.78, 5) is 11.9. The zero-order valence-corrected chi connectivity index (χ0v) is 9.95. The predicted octanol–water partition coefficient (Wildman–Crippen LogP) is 3.14. The molecule has 3 rings (SSSR count). The van der Waals surface area contributed by atoms with Crippen molar-refractivity contribution in [3.63, 3.8) is 0 Å². The second kappa shape index (κ2) is 3.28. The summed E-state index contributed by atoms with van der Waals surface area (Å²) < 4.78 is 0. The van der Waals surface area contributed by atoms with Crippen molar-refractivity contribution in [2.45, 2.75) is 12.8 Å². The molecule has 1 aliphatic carbocycles. The second-order valence-electron chi connectivity index (χ2n) is 4.40. The lowest BCUT2D eigenvalue weighted by molar-refractivity contribution is -0.120. The van der Waals surface area contributed by atoms with E-state index in [2.05, 4.69) is 10.6 Å². The van der Waals surface area contributed by atoms with Crippen LogP contribution < -0.4 is 10.6 Å². The molecule has 2 aliphatic rings. The quantitative estimate of drug-likeness (QED) is 0.749. The Morgan fingerprint density at radius 1 is 1.12 bits per heavy atom. The molecule has 1 saturated carbocycles. The van der Waals surface area contributed by atoms with Crippen LogP contribution in [0.15, 0.2) is 12.1 Å². The van der Waals surface area contributed by atoms with E-state index in [1.165, 1.54) is 0 Å². The van der Waals surface area contributed by atoms with Crippen molar-refractivity contribution in [2.75, 3.05) is 17.2 Å². The minimum Gasteiger partial charge on any atom is -0.382 e. The summed E-state index contributed by atoms with van der Waals surface area (Å²) in [6, 6.07) is 3.44. The molecule has 0 saturated heterocycles. The van der Waals surface area contributed by atoms with Crippen molar-refractivity contribution in [3.05, 3.63) is 22.2 Å². The van der Waals surface area contributed by atoms with Crippen molar-refractivity contribution in [1.82, 2.24) is 0 Å². The monoisotopic (exact) mass is 256 g/mol. The third kappa shape index (κ3) is 1.46. The Kier molecular flexibility index (Phi) is 2.10. The molecule has 1 amide bonds. The Morgan fingerprint density at radius 2 is 1.75 bits per heavy atom. The van der Waals surface area contributed by atoms with Crippen LogP contribution in [0.25, 0.3) is 0 Å². The molecule has 1 aromatic rings. The number of benzene rings is 1. The van der Waals surface area contributed by atoms with Crippen molar-refractivity contribution in [2.24, 2.45) is 5.41 Å². The molecular formula is C11H10Cl2N2O. The molecule has 1 spiro atoms. The van der Waals surface area contributed by atoms with E-state index in [4.69, 9.17) is 23.2 Å². The third-order valence-corrected chi connectivity index (χ3v) is 3.98. The number of carbonyl (C=O) groups is 1. The Balaban J connectivity index is 2.03. The highest BCUT2D eigenvalue weighted by Gasteiger charge is 2.50. The fraction of sp³-hybridized carbons (Fsp3) is 0.364. The predicted molar refractivity (Wildman–Crippen MR) is 65.2 cm³/mol. The first-order chi connectivity index (χ1) is 7.61. The van der Waals surface area contributed by atoms with Crippen LogP contribution in [0.1, 0.15) is 12.8 Å². The third-order valence-electron chi connectivity index (χ3n) is 3.26. The highest BCUT2D eigenvalue weighted by Crippen LogP contribution is 2.49. The van der Waals surface area contributed by atoms with Gasteiger partial charge in [-0.15, -0.1) is 0 Å². The fourth-order valence-corrected chi connectivity index (χ4v) is 2.28. The first-order valence-electron chi connectivity index (χ1n) is 5.15. The van der Waals surface area contributed by atoms with Gasteiger partial charge in [0.2, 0.25) is 5.91 Å². The average molecular weight is 257 g/mol. The fourth-order valence-electron chi connectivity index (χ4n) is 1.95. The van der Waals surface area contributed by atoms with Crippen LogP contribution in [0.3, 0.4) is 0 Å². The van der Waals surface area contributed by atoms with Crippen LogP contribution in [-0.2, 0) is 4.79 Å². The highest BCUT2D eigenvalue weighted by molar-refractivity contribution is 6.42. The van der Waals surface area contributed by atoms with Gasteiger partial charge in [0, 0.05) is 6.54 Å². The summed E-state index contributed by atoms with van der Waals surface area (Å²) in [6.07, 6.45) is 1.89. The highest BCUT2D eigenvalue weighted by atomic mass is 35.5. The first-order valence-corrected chi connectivity index (χ1v) is 5.91. The average Bonchev–Trinajstić information content (AvgIpc) is 3.02. The van der Waals surface area contributed by atoms with Gasteiger partial charge in [-0.2, -0.15) is 0 Å². The van der Waals surface area contributed by atoms with Crippen molar-refractivity contribution >= 4 is 40.5 Å². The van der Waals surface area contributed by atoms with Gasteiger partial charge in [0.15, 0.2) is 0 Å². The molecule has 0 bridgehead atoms. The van der Waals surface area contributed by atoms with Gasteiger partial charge in [0.25, 0.3) is 0 Å². The maximum absolute atomic E-state index is 11.9. The lowest BCUT2D eigenvalue weighted by atomic mass is 10.1. The van der Waals surface area contributed by atoms with E-state index in [9.17, 15) is 4.79 Å². The summed E-state index contributed by atoms with van der Waals surface area (Å²) >= 11 is 11.9. The van der Waals surface area contributed by atoms with Gasteiger partial charge in [-0.3, -0.25) is 4.79 Å². The molecule has 16 heavy (non-hydrogen) atoms. The SMILES string of the molecule is O=C1Nc2cc(Cl)c(Cl)cc2NCC12CC2. The van der Waals surface area contributed by atoms with Crippen molar-refractivity contribution in [3.8, 4) is 0 Å². The Bertz CT molecular complexity index is 483. The smallest absolute Gasteiger partial charge is 0.232 e. The summed E-state index contributed by atoms with van der Waals surface area (Å²) in [6.45, 7) is 0.670. The number of anilines is 2. The van der Waals surface area contributed by atoms with Gasteiger partial charge in [-0.05, 0) is 25.0 Å². The van der Waals surface area contributed by atoms with E-state index < -0.39 is 0 Å². The normalized spacial score (nSPS) is 20.8. The first kappa shape index (κ1) is 10.2. The van der Waals surface area contributed by atoms with Crippen LogP contribution in [0.5, 0.6) is 0 Å². The maximum atomic E-state index is 11.9. The molecule has 1 heterocycles. The van der Waals surface area contributed by atoms with Gasteiger partial charge in [-0.25, -0.2) is 0 Å². The number of hydrogen-bond donors (Lipinski definition) is 2. The van der Waals surface area contributed by atoms with E-state index in [-0.39, 0.29) is 11.3 Å². The molecule has 5 heteroatoms. The largest absolute Gasteiger partial charge is 0.382 e. The van der Waals surface area contributed by atoms with Gasteiger partial charge in [0.05, 0.1) is 26.8 Å². The molecule has 2 N–H and O–H groups in total. The van der Waals surface area contributed by atoms with Crippen LogP contribution in [-0.4, -0.2) is 12.5 Å². The van der Waals surface area contributed by atoms with E-state index in [0.29, 0.717) is 22.3 Å². The van der Waals surface area contributed by atoms with Crippen molar-refractivity contribution < 1.29 is 4.79 Å². The van der Waals surface area contributed by atoms with Crippen LogP contribution >= 0.6 is 23.2 Å². The number of rotatable bonds is 0. The van der Waals surface area contributed by atoms with Gasteiger partial charge >= 0.3 is 0 Å². The van der Waals surface area contributed by atoms with Gasteiger partial charge in [-0.1, -0.05) is 23.2 Å². The molecule has 0 atom stereocenters. The maximum Gasteiger partial charge on any atom is 0.232 e.